The van der Waals surface area contributed by atoms with Gasteiger partial charge in [0.25, 0.3) is 5.56 Å². The number of anilines is 1. The Kier molecular flexibility index (Phi) is 9.66. The molecule has 3 aromatic carbocycles. The van der Waals surface area contributed by atoms with E-state index in [9.17, 15) is 28.2 Å². The largest absolute Gasteiger partial charge is 0.508 e. The number of nitrogens with one attached hydrogen (secondary N) is 1. The average molecular weight is 593 g/mol. The van der Waals surface area contributed by atoms with E-state index in [1.165, 1.54) is 51.3 Å². The normalized spacial score (nSPS) is 13.4. The maximum Gasteiger partial charge on any atom is 0.251 e. The minimum Gasteiger partial charge on any atom is -0.508 e. The van der Waals surface area contributed by atoms with Crippen LogP contribution < -0.4 is 16.6 Å². The standard InChI is InChI=1S/C31H36N4O6S/c1-21(2)18-34(42(40,41)26-13-10-24(32)11-14-26)19-29(37)27(16-22-6-4-3-5-7-22)33-30(38)20-35-28-17-25(36)12-8-23(28)9-15-31(35)39/h3-15,17,21,27,29,36-37H,16,18-20,32H2,1-2H3,(H,33,38)/t27-,29+/m0/s1. The van der Waals surface area contributed by atoms with E-state index in [4.69, 9.17) is 5.73 Å². The van der Waals surface area contributed by atoms with E-state index in [0.717, 1.165) is 5.56 Å². The number of amides is 1. The summed E-state index contributed by atoms with van der Waals surface area (Å²) in [6, 6.07) is 21.7. The van der Waals surface area contributed by atoms with E-state index in [-0.39, 0.29) is 42.6 Å². The molecule has 2 atom stereocenters. The summed E-state index contributed by atoms with van der Waals surface area (Å²) >= 11 is 0. The quantitative estimate of drug-likeness (QED) is 0.184. The number of nitrogen functional groups attached to an aromatic ring is 1. The van der Waals surface area contributed by atoms with Crippen molar-refractivity contribution in [3.8, 4) is 5.75 Å². The van der Waals surface area contributed by atoms with E-state index in [2.05, 4.69) is 5.32 Å². The molecule has 4 rings (SSSR count). The number of aliphatic hydroxyl groups is 1. The van der Waals surface area contributed by atoms with Crippen molar-refractivity contribution in [2.24, 2.45) is 5.92 Å². The van der Waals surface area contributed by atoms with Crippen molar-refractivity contribution >= 4 is 32.5 Å². The fourth-order valence-corrected chi connectivity index (χ4v) is 6.41. The van der Waals surface area contributed by atoms with Gasteiger partial charge in [-0.3, -0.25) is 14.2 Å². The molecule has 4 aromatic rings. The summed E-state index contributed by atoms with van der Waals surface area (Å²) in [5.74, 6) is -0.644. The number of sulfonamides is 1. The molecule has 0 unspecified atom stereocenters. The lowest BCUT2D eigenvalue weighted by molar-refractivity contribution is -0.123. The molecule has 0 fully saturated rings. The molecule has 1 amide bonds. The number of phenols is 1. The summed E-state index contributed by atoms with van der Waals surface area (Å²) in [4.78, 5) is 26.0. The highest BCUT2D eigenvalue weighted by molar-refractivity contribution is 7.89. The summed E-state index contributed by atoms with van der Waals surface area (Å²) in [7, 11) is -3.99. The first-order valence-electron chi connectivity index (χ1n) is 13.6. The number of carbonyl (C=O) groups excluding carboxylic acids is 1. The molecule has 0 saturated carbocycles. The first-order valence-corrected chi connectivity index (χ1v) is 15.1. The summed E-state index contributed by atoms with van der Waals surface area (Å²) in [6.45, 7) is 3.26. The Balaban J connectivity index is 1.61. The lowest BCUT2D eigenvalue weighted by atomic mass is 10.0. The lowest BCUT2D eigenvalue weighted by Gasteiger charge is -2.31. The topological polar surface area (TPSA) is 155 Å². The number of hydrogen-bond donors (Lipinski definition) is 4. The first-order chi connectivity index (χ1) is 19.9. The van der Waals surface area contributed by atoms with Gasteiger partial charge in [0.05, 0.1) is 22.6 Å². The molecule has 0 aliphatic rings. The van der Waals surface area contributed by atoms with Crippen LogP contribution in [0.3, 0.4) is 0 Å². The molecule has 10 nitrogen and oxygen atoms in total. The van der Waals surface area contributed by atoms with E-state index in [1.807, 2.05) is 44.2 Å². The SMILES string of the molecule is CC(C)CN(C[C@@H](O)[C@H](Cc1ccccc1)NC(=O)Cn1c(=O)ccc2ccc(O)cc21)S(=O)(=O)c1ccc(N)cc1. The molecule has 222 valence electrons. The molecule has 0 bridgehead atoms. The zero-order chi connectivity index (χ0) is 30.4. The Morgan fingerprint density at radius 2 is 1.64 bits per heavy atom. The molecular formula is C31H36N4O6S. The number of nitrogens with two attached hydrogens (primary N) is 1. The van der Waals surface area contributed by atoms with Gasteiger partial charge < -0.3 is 21.3 Å². The number of rotatable bonds is 12. The number of nitrogens with zero attached hydrogens (tertiary/aromatic N) is 2. The van der Waals surface area contributed by atoms with Crippen molar-refractivity contribution in [1.82, 2.24) is 14.2 Å². The van der Waals surface area contributed by atoms with Crippen molar-refractivity contribution in [3.05, 3.63) is 101 Å². The van der Waals surface area contributed by atoms with Crippen LogP contribution in [0.5, 0.6) is 5.75 Å². The highest BCUT2D eigenvalue weighted by Gasteiger charge is 2.31. The predicted molar refractivity (Wildman–Crippen MR) is 162 cm³/mol. The Labute approximate surface area is 245 Å². The summed E-state index contributed by atoms with van der Waals surface area (Å²) in [5.41, 5.74) is 6.95. The van der Waals surface area contributed by atoms with Crippen molar-refractivity contribution in [1.29, 1.82) is 0 Å². The molecule has 1 heterocycles. The van der Waals surface area contributed by atoms with E-state index < -0.39 is 33.6 Å². The van der Waals surface area contributed by atoms with Crippen LogP contribution in [0.2, 0.25) is 0 Å². The van der Waals surface area contributed by atoms with Crippen molar-refractivity contribution in [3.63, 3.8) is 0 Å². The number of phenolic OH excluding ortho intramolecular Hbond substituents is 1. The van der Waals surface area contributed by atoms with Crippen molar-refractivity contribution in [2.45, 2.75) is 43.9 Å². The Hall–Kier alpha value is -4.19. The van der Waals surface area contributed by atoms with Gasteiger partial charge in [0.15, 0.2) is 0 Å². The van der Waals surface area contributed by atoms with Crippen LogP contribution in [0.1, 0.15) is 19.4 Å². The summed E-state index contributed by atoms with van der Waals surface area (Å²) in [5, 5.41) is 24.9. The van der Waals surface area contributed by atoms with Gasteiger partial charge in [-0.25, -0.2) is 8.42 Å². The smallest absolute Gasteiger partial charge is 0.251 e. The fraction of sp³-hybridized carbons (Fsp3) is 0.290. The number of aromatic hydroxyl groups is 1. The van der Waals surface area contributed by atoms with Crippen LogP contribution in [-0.4, -0.2) is 58.6 Å². The first kappa shape index (κ1) is 30.8. The van der Waals surface area contributed by atoms with Crippen LogP contribution in [0, 0.1) is 5.92 Å². The molecule has 0 spiro atoms. The average Bonchev–Trinajstić information content (AvgIpc) is 2.94. The summed E-state index contributed by atoms with van der Waals surface area (Å²) < 4.78 is 29.6. The number of fused-ring (bicyclic) bond motifs is 1. The second-order valence-corrected chi connectivity index (χ2v) is 12.7. The van der Waals surface area contributed by atoms with Crippen LogP contribution in [0.25, 0.3) is 10.9 Å². The lowest BCUT2D eigenvalue weighted by Crippen LogP contribution is -2.52. The number of pyridine rings is 1. The van der Waals surface area contributed by atoms with E-state index in [0.29, 0.717) is 16.6 Å². The second kappa shape index (κ2) is 13.2. The molecule has 0 aliphatic carbocycles. The Morgan fingerprint density at radius 3 is 2.31 bits per heavy atom. The molecule has 42 heavy (non-hydrogen) atoms. The van der Waals surface area contributed by atoms with Crippen molar-refractivity contribution < 1.29 is 23.4 Å². The highest BCUT2D eigenvalue weighted by Crippen LogP contribution is 2.21. The number of aromatic nitrogens is 1. The number of carbonyl (C=O) groups is 1. The van der Waals surface area contributed by atoms with Gasteiger partial charge in [-0.2, -0.15) is 4.31 Å². The molecule has 0 aliphatic heterocycles. The monoisotopic (exact) mass is 592 g/mol. The maximum absolute atomic E-state index is 13.6. The molecule has 1 aromatic heterocycles. The van der Waals surface area contributed by atoms with Gasteiger partial charge in [-0.1, -0.05) is 44.2 Å². The number of aliphatic hydroxyl groups excluding tert-OH is 1. The predicted octanol–water partition coefficient (Wildman–Crippen LogP) is 2.72. The minimum atomic E-state index is -3.99. The third kappa shape index (κ3) is 7.55. The second-order valence-electron chi connectivity index (χ2n) is 10.7. The third-order valence-electron chi connectivity index (χ3n) is 6.86. The van der Waals surface area contributed by atoms with Gasteiger partial charge in [-0.15, -0.1) is 0 Å². The van der Waals surface area contributed by atoms with Crippen LogP contribution in [0.4, 0.5) is 5.69 Å². The van der Waals surface area contributed by atoms with E-state index >= 15 is 0 Å². The molecule has 0 saturated heterocycles. The van der Waals surface area contributed by atoms with E-state index in [1.54, 1.807) is 12.1 Å². The number of hydrogen-bond acceptors (Lipinski definition) is 7. The van der Waals surface area contributed by atoms with Crippen LogP contribution >= 0.6 is 0 Å². The third-order valence-corrected chi connectivity index (χ3v) is 8.71. The van der Waals surface area contributed by atoms with Crippen LogP contribution in [0.15, 0.2) is 94.6 Å². The zero-order valence-electron chi connectivity index (χ0n) is 23.6. The zero-order valence-corrected chi connectivity index (χ0v) is 24.4. The molecular weight excluding hydrogens is 556 g/mol. The minimum absolute atomic E-state index is 0.0439. The Bertz CT molecular complexity index is 1690. The van der Waals surface area contributed by atoms with Crippen molar-refractivity contribution in [2.75, 3.05) is 18.8 Å². The van der Waals surface area contributed by atoms with Crippen LogP contribution in [-0.2, 0) is 27.8 Å². The van der Waals surface area contributed by atoms with Gasteiger partial charge >= 0.3 is 0 Å². The van der Waals surface area contributed by atoms with Gasteiger partial charge in [0.2, 0.25) is 15.9 Å². The number of benzene rings is 3. The van der Waals surface area contributed by atoms with Gasteiger partial charge in [0.1, 0.15) is 12.3 Å². The molecule has 5 N–H and O–H groups in total. The van der Waals surface area contributed by atoms with Gasteiger partial charge in [-0.05, 0) is 65.8 Å². The maximum atomic E-state index is 13.6. The summed E-state index contributed by atoms with van der Waals surface area (Å²) in [6.07, 6.45) is -1.07. The fourth-order valence-electron chi connectivity index (χ4n) is 4.79. The molecule has 0 radical (unpaired) electrons. The molecule has 11 heteroatoms. The Morgan fingerprint density at radius 1 is 0.976 bits per heavy atom. The highest BCUT2D eigenvalue weighted by atomic mass is 32.2. The van der Waals surface area contributed by atoms with Gasteiger partial charge in [0, 0.05) is 30.9 Å².